The second-order valence-electron chi connectivity index (χ2n) is 1.97. The van der Waals surface area contributed by atoms with Crippen LogP contribution in [0.15, 0.2) is 18.3 Å². The maximum absolute atomic E-state index is 5.56. The minimum Gasteiger partial charge on any atom is -0.378 e. The molecule has 0 saturated carbocycles. The van der Waals surface area contributed by atoms with Gasteiger partial charge in [-0.3, -0.25) is 4.98 Å². The third kappa shape index (κ3) is 1.58. The van der Waals surface area contributed by atoms with Gasteiger partial charge in [-0.05, 0) is 6.07 Å². The van der Waals surface area contributed by atoms with Crippen molar-refractivity contribution in [2.75, 3.05) is 7.11 Å². The van der Waals surface area contributed by atoms with Crippen molar-refractivity contribution < 1.29 is 4.74 Å². The van der Waals surface area contributed by atoms with Crippen LogP contribution in [0.1, 0.15) is 5.69 Å². The lowest BCUT2D eigenvalue weighted by atomic mass is 9.95. The van der Waals surface area contributed by atoms with Crippen molar-refractivity contribution in [3.8, 4) is 0 Å². The lowest BCUT2D eigenvalue weighted by molar-refractivity contribution is 0.182. The Morgan fingerprint density at radius 3 is 3.10 bits per heavy atom. The molecule has 3 heteroatoms. The van der Waals surface area contributed by atoms with Crippen LogP contribution in [0.3, 0.4) is 0 Å². The molecule has 0 aliphatic rings. The van der Waals surface area contributed by atoms with Crippen molar-refractivity contribution >= 4 is 13.3 Å². The number of ether oxygens (including phenoxy) is 1. The van der Waals surface area contributed by atoms with E-state index < -0.39 is 0 Å². The van der Waals surface area contributed by atoms with E-state index in [0.29, 0.717) is 12.1 Å². The van der Waals surface area contributed by atoms with Crippen LogP contribution in [0.2, 0.25) is 0 Å². The van der Waals surface area contributed by atoms with Gasteiger partial charge in [0.25, 0.3) is 0 Å². The monoisotopic (exact) mass is 133 g/mol. The van der Waals surface area contributed by atoms with Gasteiger partial charge in [0, 0.05) is 13.3 Å². The minimum absolute atomic E-state index is 0.479. The fourth-order valence-corrected chi connectivity index (χ4v) is 0.708. The van der Waals surface area contributed by atoms with E-state index in [9.17, 15) is 0 Å². The van der Waals surface area contributed by atoms with Crippen LogP contribution < -0.4 is 5.46 Å². The highest BCUT2D eigenvalue weighted by Crippen LogP contribution is 1.89. The number of hydrogen-bond acceptors (Lipinski definition) is 2. The third-order valence-corrected chi connectivity index (χ3v) is 1.21. The molecule has 1 heterocycles. The first-order valence-electron chi connectivity index (χ1n) is 3.03. The first kappa shape index (κ1) is 7.28. The van der Waals surface area contributed by atoms with Crippen LogP contribution in [-0.2, 0) is 11.3 Å². The number of nitrogens with zero attached hydrogens (tertiary/aromatic N) is 1. The van der Waals surface area contributed by atoms with Gasteiger partial charge in [0.05, 0.1) is 12.3 Å². The zero-order valence-electron chi connectivity index (χ0n) is 5.87. The predicted molar refractivity (Wildman–Crippen MR) is 40.3 cm³/mol. The molecule has 1 aromatic heterocycles. The molecule has 0 amide bonds. The molecule has 0 fully saturated rings. The SMILES string of the molecule is [B]c1cccnc1COC. The second kappa shape index (κ2) is 3.37. The van der Waals surface area contributed by atoms with E-state index in [1.54, 1.807) is 25.4 Å². The quantitative estimate of drug-likeness (QED) is 0.530. The molecule has 0 spiro atoms. The van der Waals surface area contributed by atoms with E-state index in [1.165, 1.54) is 0 Å². The van der Waals surface area contributed by atoms with Gasteiger partial charge in [-0.15, -0.1) is 0 Å². The van der Waals surface area contributed by atoms with E-state index in [2.05, 4.69) is 4.98 Å². The molecule has 50 valence electrons. The van der Waals surface area contributed by atoms with Crippen molar-refractivity contribution in [3.05, 3.63) is 24.0 Å². The van der Waals surface area contributed by atoms with Crippen molar-refractivity contribution in [2.24, 2.45) is 0 Å². The highest BCUT2D eigenvalue weighted by molar-refractivity contribution is 6.33. The van der Waals surface area contributed by atoms with Crippen LogP contribution in [0.25, 0.3) is 0 Å². The largest absolute Gasteiger partial charge is 0.378 e. The molecule has 0 aromatic carbocycles. The van der Waals surface area contributed by atoms with Gasteiger partial charge < -0.3 is 4.74 Å². The van der Waals surface area contributed by atoms with E-state index in [1.807, 2.05) is 0 Å². The summed E-state index contributed by atoms with van der Waals surface area (Å²) in [4.78, 5) is 4.02. The first-order chi connectivity index (χ1) is 4.84. The van der Waals surface area contributed by atoms with Gasteiger partial charge in [-0.2, -0.15) is 0 Å². The third-order valence-electron chi connectivity index (χ3n) is 1.21. The fourth-order valence-electron chi connectivity index (χ4n) is 0.708. The standard InChI is InChI=1S/C7H8BNO/c1-10-5-7-6(8)3-2-4-9-7/h2-4H,5H2,1H3. The normalized spacial score (nSPS) is 9.70. The van der Waals surface area contributed by atoms with Crippen molar-refractivity contribution in [3.63, 3.8) is 0 Å². The van der Waals surface area contributed by atoms with Crippen LogP contribution in [0, 0.1) is 0 Å². The summed E-state index contributed by atoms with van der Waals surface area (Å²) in [7, 11) is 7.18. The summed E-state index contributed by atoms with van der Waals surface area (Å²) in [6, 6.07) is 3.61. The molecule has 1 aromatic rings. The van der Waals surface area contributed by atoms with Crippen molar-refractivity contribution in [2.45, 2.75) is 6.61 Å². The first-order valence-corrected chi connectivity index (χ1v) is 3.03. The zero-order valence-corrected chi connectivity index (χ0v) is 5.87. The van der Waals surface area contributed by atoms with Crippen molar-refractivity contribution in [1.82, 2.24) is 4.98 Å². The Morgan fingerprint density at radius 1 is 1.70 bits per heavy atom. The summed E-state index contributed by atoms with van der Waals surface area (Å²) in [5.41, 5.74) is 1.48. The molecular weight excluding hydrogens is 125 g/mol. The van der Waals surface area contributed by atoms with Gasteiger partial charge in [-0.1, -0.05) is 11.5 Å². The Kier molecular flexibility index (Phi) is 2.45. The van der Waals surface area contributed by atoms with Crippen LogP contribution in [-0.4, -0.2) is 19.9 Å². The fraction of sp³-hybridized carbons (Fsp3) is 0.286. The molecule has 2 radical (unpaired) electrons. The van der Waals surface area contributed by atoms with Gasteiger partial charge in [0.1, 0.15) is 7.85 Å². The summed E-state index contributed by atoms with van der Waals surface area (Å²) in [6.45, 7) is 0.479. The van der Waals surface area contributed by atoms with E-state index in [-0.39, 0.29) is 0 Å². The molecule has 0 bridgehead atoms. The molecule has 0 unspecified atom stereocenters. The molecule has 1 rings (SSSR count). The van der Waals surface area contributed by atoms with E-state index in [4.69, 9.17) is 12.6 Å². The summed E-state index contributed by atoms with van der Waals surface area (Å²) >= 11 is 0. The topological polar surface area (TPSA) is 22.1 Å². The van der Waals surface area contributed by atoms with Crippen molar-refractivity contribution in [1.29, 1.82) is 0 Å². The van der Waals surface area contributed by atoms with Crippen LogP contribution in [0.5, 0.6) is 0 Å². The lowest BCUT2D eigenvalue weighted by Gasteiger charge is -2.00. The average Bonchev–Trinajstić information content (AvgIpc) is 1.94. The summed E-state index contributed by atoms with van der Waals surface area (Å²) < 4.78 is 4.87. The molecule has 0 atom stereocenters. The minimum atomic E-state index is 0.479. The number of rotatable bonds is 2. The maximum Gasteiger partial charge on any atom is 0.116 e. The Balaban J connectivity index is 2.81. The number of pyridine rings is 1. The van der Waals surface area contributed by atoms with Gasteiger partial charge in [0.15, 0.2) is 0 Å². The van der Waals surface area contributed by atoms with Gasteiger partial charge in [-0.25, -0.2) is 0 Å². The molecule has 0 saturated heterocycles. The van der Waals surface area contributed by atoms with Gasteiger partial charge in [0.2, 0.25) is 0 Å². The van der Waals surface area contributed by atoms with Crippen LogP contribution >= 0.6 is 0 Å². The Hall–Kier alpha value is -0.825. The molecule has 0 N–H and O–H groups in total. The average molecular weight is 133 g/mol. The zero-order chi connectivity index (χ0) is 7.40. The number of aromatic nitrogens is 1. The molecule has 0 aliphatic heterocycles. The molecule has 10 heavy (non-hydrogen) atoms. The van der Waals surface area contributed by atoms with E-state index in [0.717, 1.165) is 5.69 Å². The lowest BCUT2D eigenvalue weighted by Crippen LogP contribution is -2.12. The predicted octanol–water partition coefficient (Wildman–Crippen LogP) is 0.0218. The summed E-state index contributed by atoms with van der Waals surface area (Å²) in [5.74, 6) is 0. The van der Waals surface area contributed by atoms with E-state index >= 15 is 0 Å². The second-order valence-corrected chi connectivity index (χ2v) is 1.97. The molecular formula is C7H8BNO. The summed E-state index contributed by atoms with van der Waals surface area (Å²) in [6.07, 6.45) is 1.70. The van der Waals surface area contributed by atoms with Crippen LogP contribution in [0.4, 0.5) is 0 Å². The number of methoxy groups -OCH3 is 1. The smallest absolute Gasteiger partial charge is 0.116 e. The number of hydrogen-bond donors (Lipinski definition) is 0. The molecule has 0 aliphatic carbocycles. The Morgan fingerprint density at radius 2 is 2.50 bits per heavy atom. The molecule has 2 nitrogen and oxygen atoms in total. The van der Waals surface area contributed by atoms with Gasteiger partial charge >= 0.3 is 0 Å². The highest BCUT2D eigenvalue weighted by Gasteiger charge is 1.94. The summed E-state index contributed by atoms with van der Waals surface area (Å²) in [5, 5.41) is 0. The Bertz CT molecular complexity index is 215. The maximum atomic E-state index is 5.56. The highest BCUT2D eigenvalue weighted by atomic mass is 16.5. The Labute approximate surface area is 61.6 Å².